The molecular formula is C14H15NO2. The SMILES string of the molecule is Nc1cccc(OCCOc2ccccc2)c1. The summed E-state index contributed by atoms with van der Waals surface area (Å²) in [6, 6.07) is 17.0. The van der Waals surface area contributed by atoms with Gasteiger partial charge in [-0.1, -0.05) is 24.3 Å². The van der Waals surface area contributed by atoms with Gasteiger partial charge in [0.05, 0.1) is 0 Å². The standard InChI is InChI=1S/C14H15NO2/c15-12-5-4-8-14(11-12)17-10-9-16-13-6-2-1-3-7-13/h1-8,11H,9-10,15H2. The first-order chi connectivity index (χ1) is 8.34. The summed E-state index contributed by atoms with van der Waals surface area (Å²) in [5, 5.41) is 0. The molecule has 0 heterocycles. The van der Waals surface area contributed by atoms with Crippen LogP contribution in [0.3, 0.4) is 0 Å². The molecule has 0 radical (unpaired) electrons. The van der Waals surface area contributed by atoms with Gasteiger partial charge in [-0.3, -0.25) is 0 Å². The summed E-state index contributed by atoms with van der Waals surface area (Å²) < 4.78 is 11.0. The predicted octanol–water partition coefficient (Wildman–Crippen LogP) is 2.73. The van der Waals surface area contributed by atoms with Gasteiger partial charge in [0.15, 0.2) is 0 Å². The van der Waals surface area contributed by atoms with Crippen LogP contribution < -0.4 is 15.2 Å². The quantitative estimate of drug-likeness (QED) is 0.633. The number of hydrogen-bond acceptors (Lipinski definition) is 3. The lowest BCUT2D eigenvalue weighted by atomic mass is 10.3. The predicted molar refractivity (Wildman–Crippen MR) is 68.3 cm³/mol. The van der Waals surface area contributed by atoms with Crippen molar-refractivity contribution in [1.82, 2.24) is 0 Å². The second kappa shape index (κ2) is 5.80. The van der Waals surface area contributed by atoms with E-state index in [2.05, 4.69) is 0 Å². The second-order valence-electron chi connectivity index (χ2n) is 3.58. The van der Waals surface area contributed by atoms with Crippen LogP contribution in [0.25, 0.3) is 0 Å². The van der Waals surface area contributed by atoms with Crippen molar-refractivity contribution in [3.63, 3.8) is 0 Å². The summed E-state index contributed by atoms with van der Waals surface area (Å²) in [5.74, 6) is 1.62. The zero-order valence-electron chi connectivity index (χ0n) is 9.50. The molecule has 0 aromatic heterocycles. The minimum absolute atomic E-state index is 0.498. The van der Waals surface area contributed by atoms with E-state index in [1.807, 2.05) is 48.5 Å². The number of anilines is 1. The Bertz CT molecular complexity index is 457. The Hall–Kier alpha value is -2.16. The van der Waals surface area contributed by atoms with Crippen molar-refractivity contribution in [3.8, 4) is 11.5 Å². The highest BCUT2D eigenvalue weighted by atomic mass is 16.5. The summed E-state index contributed by atoms with van der Waals surface area (Å²) in [4.78, 5) is 0. The molecule has 88 valence electrons. The molecule has 0 bridgehead atoms. The monoisotopic (exact) mass is 229 g/mol. The first kappa shape index (κ1) is 11.3. The molecule has 2 aromatic rings. The molecule has 0 spiro atoms. The van der Waals surface area contributed by atoms with Crippen LogP contribution >= 0.6 is 0 Å². The molecular weight excluding hydrogens is 214 g/mol. The molecule has 0 atom stereocenters. The van der Waals surface area contributed by atoms with Gasteiger partial charge in [-0.2, -0.15) is 0 Å². The van der Waals surface area contributed by atoms with E-state index in [0.717, 1.165) is 11.5 Å². The van der Waals surface area contributed by atoms with Crippen molar-refractivity contribution in [2.45, 2.75) is 0 Å². The molecule has 0 aliphatic carbocycles. The van der Waals surface area contributed by atoms with Gasteiger partial charge < -0.3 is 15.2 Å². The maximum atomic E-state index is 5.64. The topological polar surface area (TPSA) is 44.5 Å². The summed E-state index contributed by atoms with van der Waals surface area (Å²) in [6.45, 7) is 1.01. The Balaban J connectivity index is 1.73. The van der Waals surface area contributed by atoms with Crippen molar-refractivity contribution in [2.24, 2.45) is 0 Å². The molecule has 0 aliphatic heterocycles. The van der Waals surface area contributed by atoms with Crippen molar-refractivity contribution in [1.29, 1.82) is 0 Å². The van der Waals surface area contributed by atoms with Gasteiger partial charge >= 0.3 is 0 Å². The zero-order chi connectivity index (χ0) is 11.9. The van der Waals surface area contributed by atoms with Gasteiger partial charge in [0.2, 0.25) is 0 Å². The van der Waals surface area contributed by atoms with E-state index >= 15 is 0 Å². The lowest BCUT2D eigenvalue weighted by Gasteiger charge is -2.08. The number of rotatable bonds is 5. The highest BCUT2D eigenvalue weighted by Gasteiger charge is 1.95. The summed E-state index contributed by atoms with van der Waals surface area (Å²) in [5.41, 5.74) is 6.34. The van der Waals surface area contributed by atoms with Crippen molar-refractivity contribution >= 4 is 5.69 Å². The molecule has 2 rings (SSSR count). The number of benzene rings is 2. The number of para-hydroxylation sites is 1. The van der Waals surface area contributed by atoms with E-state index < -0.39 is 0 Å². The number of nitrogen functional groups attached to an aromatic ring is 1. The van der Waals surface area contributed by atoms with Crippen LogP contribution in [0.2, 0.25) is 0 Å². The van der Waals surface area contributed by atoms with E-state index in [-0.39, 0.29) is 0 Å². The lowest BCUT2D eigenvalue weighted by Crippen LogP contribution is -2.08. The van der Waals surface area contributed by atoms with Crippen LogP contribution in [0.15, 0.2) is 54.6 Å². The Labute approximate surface area is 101 Å². The number of hydrogen-bond donors (Lipinski definition) is 1. The van der Waals surface area contributed by atoms with Gasteiger partial charge in [0.1, 0.15) is 24.7 Å². The average Bonchev–Trinajstić information content (AvgIpc) is 2.36. The lowest BCUT2D eigenvalue weighted by molar-refractivity contribution is 0.217. The fourth-order valence-corrected chi connectivity index (χ4v) is 1.44. The molecule has 0 saturated heterocycles. The van der Waals surface area contributed by atoms with Gasteiger partial charge in [-0.25, -0.2) is 0 Å². The molecule has 0 fully saturated rings. The third kappa shape index (κ3) is 3.72. The third-order valence-corrected chi connectivity index (χ3v) is 2.22. The van der Waals surface area contributed by atoms with Crippen LogP contribution in [-0.4, -0.2) is 13.2 Å². The van der Waals surface area contributed by atoms with E-state index in [0.29, 0.717) is 18.9 Å². The van der Waals surface area contributed by atoms with Gasteiger partial charge in [0.25, 0.3) is 0 Å². The summed E-state index contributed by atoms with van der Waals surface area (Å²) in [6.07, 6.45) is 0. The fraction of sp³-hybridized carbons (Fsp3) is 0.143. The van der Waals surface area contributed by atoms with Gasteiger partial charge in [-0.05, 0) is 24.3 Å². The number of nitrogens with two attached hydrogens (primary N) is 1. The minimum Gasteiger partial charge on any atom is -0.490 e. The van der Waals surface area contributed by atoms with Crippen LogP contribution in [0, 0.1) is 0 Å². The van der Waals surface area contributed by atoms with Crippen LogP contribution in [0.5, 0.6) is 11.5 Å². The minimum atomic E-state index is 0.498. The zero-order valence-corrected chi connectivity index (χ0v) is 9.50. The summed E-state index contributed by atoms with van der Waals surface area (Å²) >= 11 is 0. The molecule has 17 heavy (non-hydrogen) atoms. The molecule has 0 unspecified atom stereocenters. The Morgan fingerprint density at radius 3 is 2.12 bits per heavy atom. The van der Waals surface area contributed by atoms with Crippen molar-refractivity contribution in [3.05, 3.63) is 54.6 Å². The summed E-state index contributed by atoms with van der Waals surface area (Å²) in [7, 11) is 0. The van der Waals surface area contributed by atoms with E-state index in [4.69, 9.17) is 15.2 Å². The first-order valence-electron chi connectivity index (χ1n) is 5.51. The molecule has 3 nitrogen and oxygen atoms in total. The molecule has 2 N–H and O–H groups in total. The maximum Gasteiger partial charge on any atom is 0.122 e. The number of ether oxygens (including phenoxy) is 2. The molecule has 0 saturated carbocycles. The average molecular weight is 229 g/mol. The molecule has 3 heteroatoms. The highest BCUT2D eigenvalue weighted by molar-refractivity contribution is 5.43. The Morgan fingerprint density at radius 1 is 0.765 bits per heavy atom. The first-order valence-corrected chi connectivity index (χ1v) is 5.51. The van der Waals surface area contributed by atoms with Crippen LogP contribution in [0.4, 0.5) is 5.69 Å². The molecule has 2 aromatic carbocycles. The van der Waals surface area contributed by atoms with E-state index in [1.54, 1.807) is 6.07 Å². The highest BCUT2D eigenvalue weighted by Crippen LogP contribution is 2.14. The molecule has 0 aliphatic rings. The van der Waals surface area contributed by atoms with Crippen LogP contribution in [0.1, 0.15) is 0 Å². The van der Waals surface area contributed by atoms with Crippen molar-refractivity contribution < 1.29 is 9.47 Å². The smallest absolute Gasteiger partial charge is 0.122 e. The van der Waals surface area contributed by atoms with E-state index in [9.17, 15) is 0 Å². The van der Waals surface area contributed by atoms with E-state index in [1.165, 1.54) is 0 Å². The normalized spacial score (nSPS) is 9.88. The maximum absolute atomic E-state index is 5.64. The van der Waals surface area contributed by atoms with Crippen molar-refractivity contribution in [2.75, 3.05) is 18.9 Å². The van der Waals surface area contributed by atoms with Gasteiger partial charge in [-0.15, -0.1) is 0 Å². The third-order valence-electron chi connectivity index (χ3n) is 2.22. The van der Waals surface area contributed by atoms with Gasteiger partial charge in [0, 0.05) is 11.8 Å². The Kier molecular flexibility index (Phi) is 3.86. The van der Waals surface area contributed by atoms with Crippen LogP contribution in [-0.2, 0) is 0 Å². The molecule has 0 amide bonds. The Morgan fingerprint density at radius 2 is 1.41 bits per heavy atom. The second-order valence-corrected chi connectivity index (χ2v) is 3.58. The fourth-order valence-electron chi connectivity index (χ4n) is 1.44. The largest absolute Gasteiger partial charge is 0.490 e.